The van der Waals surface area contributed by atoms with E-state index in [9.17, 15) is 0 Å². The van der Waals surface area contributed by atoms with Gasteiger partial charge in [-0.25, -0.2) is 0 Å². The predicted octanol–water partition coefficient (Wildman–Crippen LogP) is 4.23. The van der Waals surface area contributed by atoms with E-state index in [1.54, 1.807) is 0 Å². The van der Waals surface area contributed by atoms with Crippen LogP contribution in [0.25, 0.3) is 0 Å². The highest BCUT2D eigenvalue weighted by Crippen LogP contribution is 2.43. The molecule has 0 spiro atoms. The second-order valence-corrected chi connectivity index (χ2v) is 5.33. The lowest BCUT2D eigenvalue weighted by Crippen LogP contribution is -2.15. The summed E-state index contributed by atoms with van der Waals surface area (Å²) in [6.45, 7) is 6.75. The number of allylic oxidation sites excluding steroid dienone is 2. The van der Waals surface area contributed by atoms with E-state index < -0.39 is 0 Å². The van der Waals surface area contributed by atoms with E-state index in [4.69, 9.17) is 0 Å². The molecule has 0 radical (unpaired) electrons. The largest absolute Gasteiger partial charge is 0.0872 e. The van der Waals surface area contributed by atoms with Gasteiger partial charge in [0.15, 0.2) is 0 Å². The van der Waals surface area contributed by atoms with Crippen molar-refractivity contribution in [2.24, 2.45) is 0 Å². The van der Waals surface area contributed by atoms with Crippen LogP contribution in [0.5, 0.6) is 0 Å². The maximum absolute atomic E-state index is 3.54. The Morgan fingerprint density at radius 2 is 2.07 bits per heavy atom. The average molecular weight is 251 g/mol. The minimum Gasteiger partial charge on any atom is -0.0872 e. The zero-order valence-corrected chi connectivity index (χ0v) is 10.5. The first-order valence-electron chi connectivity index (χ1n) is 5.00. The Kier molecular flexibility index (Phi) is 2.30. The molecule has 0 aromatic heterocycles. The zero-order chi connectivity index (χ0) is 10.3. The van der Waals surface area contributed by atoms with Gasteiger partial charge in [-0.1, -0.05) is 47.5 Å². The van der Waals surface area contributed by atoms with Crippen LogP contribution in [0.4, 0.5) is 0 Å². The van der Waals surface area contributed by atoms with Crippen molar-refractivity contribution < 1.29 is 0 Å². The highest BCUT2D eigenvalue weighted by molar-refractivity contribution is 9.10. The fraction of sp³-hybridized carbons (Fsp3) is 0.385. The second kappa shape index (κ2) is 3.23. The lowest BCUT2D eigenvalue weighted by atomic mass is 9.83. The van der Waals surface area contributed by atoms with Crippen LogP contribution in [0.2, 0.25) is 0 Å². The van der Waals surface area contributed by atoms with Gasteiger partial charge in [0.2, 0.25) is 0 Å². The minimum atomic E-state index is 0.216. The molecule has 14 heavy (non-hydrogen) atoms. The molecule has 1 aliphatic rings. The minimum absolute atomic E-state index is 0.216. The second-order valence-electron chi connectivity index (χ2n) is 4.42. The molecule has 0 saturated carbocycles. The summed E-state index contributed by atoms with van der Waals surface area (Å²) in [7, 11) is 0. The van der Waals surface area contributed by atoms with Crippen molar-refractivity contribution in [1.29, 1.82) is 0 Å². The summed E-state index contributed by atoms with van der Waals surface area (Å²) in [6, 6.07) is 6.62. The van der Waals surface area contributed by atoms with E-state index in [2.05, 4.69) is 61.0 Å². The third kappa shape index (κ3) is 1.35. The number of hydrogen-bond donors (Lipinski definition) is 0. The molecule has 0 nitrogen and oxygen atoms in total. The van der Waals surface area contributed by atoms with Gasteiger partial charge >= 0.3 is 0 Å². The summed E-state index contributed by atoms with van der Waals surface area (Å²) in [5.74, 6) is 0. The standard InChI is InChI=1S/C13H15Br/c1-4-10-7-9-5-6-11(14)8-12(9)13(10,2)3/h4-6,8H,7H2,1-3H3. The Morgan fingerprint density at radius 3 is 2.71 bits per heavy atom. The van der Waals surface area contributed by atoms with Crippen LogP contribution < -0.4 is 0 Å². The van der Waals surface area contributed by atoms with E-state index in [1.807, 2.05) is 0 Å². The lowest BCUT2D eigenvalue weighted by Gasteiger charge is -2.21. The van der Waals surface area contributed by atoms with Gasteiger partial charge in [0.05, 0.1) is 0 Å². The molecule has 0 saturated heterocycles. The predicted molar refractivity (Wildman–Crippen MR) is 64.6 cm³/mol. The van der Waals surface area contributed by atoms with Gasteiger partial charge in [0.1, 0.15) is 0 Å². The Morgan fingerprint density at radius 1 is 1.36 bits per heavy atom. The van der Waals surface area contributed by atoms with Gasteiger partial charge in [-0.05, 0) is 36.6 Å². The number of hydrogen-bond acceptors (Lipinski definition) is 0. The maximum Gasteiger partial charge on any atom is 0.0178 e. The molecular weight excluding hydrogens is 236 g/mol. The van der Waals surface area contributed by atoms with Crippen LogP contribution in [0.3, 0.4) is 0 Å². The van der Waals surface area contributed by atoms with Crippen molar-refractivity contribution in [2.45, 2.75) is 32.6 Å². The van der Waals surface area contributed by atoms with Crippen molar-refractivity contribution in [3.8, 4) is 0 Å². The van der Waals surface area contributed by atoms with Crippen molar-refractivity contribution >= 4 is 15.9 Å². The fourth-order valence-corrected chi connectivity index (χ4v) is 2.71. The van der Waals surface area contributed by atoms with Gasteiger partial charge in [-0.15, -0.1) is 0 Å². The van der Waals surface area contributed by atoms with Crippen molar-refractivity contribution in [2.75, 3.05) is 0 Å². The Bertz CT molecular complexity index is 400. The monoisotopic (exact) mass is 250 g/mol. The SMILES string of the molecule is CC=C1Cc2ccc(Br)cc2C1(C)C. The molecule has 0 heterocycles. The van der Waals surface area contributed by atoms with Gasteiger partial charge in [0.25, 0.3) is 0 Å². The first kappa shape index (κ1) is 9.97. The molecule has 1 aliphatic carbocycles. The summed E-state index contributed by atoms with van der Waals surface area (Å²) in [4.78, 5) is 0. The van der Waals surface area contributed by atoms with E-state index in [0.717, 1.165) is 6.42 Å². The van der Waals surface area contributed by atoms with Crippen molar-refractivity contribution in [3.63, 3.8) is 0 Å². The lowest BCUT2D eigenvalue weighted by molar-refractivity contribution is 0.642. The molecular formula is C13H15Br. The molecule has 2 rings (SSSR count). The third-order valence-corrected chi connectivity index (χ3v) is 3.77. The summed E-state index contributed by atoms with van der Waals surface area (Å²) in [5, 5.41) is 0. The highest BCUT2D eigenvalue weighted by Gasteiger charge is 2.33. The van der Waals surface area contributed by atoms with Gasteiger partial charge in [0, 0.05) is 9.89 Å². The number of benzene rings is 1. The highest BCUT2D eigenvalue weighted by atomic mass is 79.9. The smallest absolute Gasteiger partial charge is 0.0178 e. The molecule has 0 atom stereocenters. The van der Waals surface area contributed by atoms with E-state index >= 15 is 0 Å². The summed E-state index contributed by atoms with van der Waals surface area (Å²) in [6.07, 6.45) is 3.38. The van der Waals surface area contributed by atoms with Crippen molar-refractivity contribution in [3.05, 3.63) is 45.4 Å². The fourth-order valence-electron chi connectivity index (χ4n) is 2.35. The van der Waals surface area contributed by atoms with E-state index in [-0.39, 0.29) is 5.41 Å². The van der Waals surface area contributed by atoms with Crippen LogP contribution in [-0.4, -0.2) is 0 Å². The molecule has 0 aliphatic heterocycles. The molecule has 1 aromatic carbocycles. The summed E-state index contributed by atoms with van der Waals surface area (Å²) >= 11 is 3.54. The number of fused-ring (bicyclic) bond motifs is 1. The molecule has 0 fully saturated rings. The zero-order valence-electron chi connectivity index (χ0n) is 8.89. The summed E-state index contributed by atoms with van der Waals surface area (Å²) < 4.78 is 1.18. The van der Waals surface area contributed by atoms with Crippen molar-refractivity contribution in [1.82, 2.24) is 0 Å². The van der Waals surface area contributed by atoms with E-state index in [1.165, 1.54) is 21.2 Å². The first-order valence-corrected chi connectivity index (χ1v) is 5.79. The van der Waals surface area contributed by atoms with Gasteiger partial charge in [-0.2, -0.15) is 0 Å². The molecule has 0 unspecified atom stereocenters. The summed E-state index contributed by atoms with van der Waals surface area (Å²) in [5.41, 5.74) is 4.70. The van der Waals surface area contributed by atoms with Crippen LogP contribution in [0.1, 0.15) is 31.9 Å². The van der Waals surface area contributed by atoms with E-state index in [0.29, 0.717) is 0 Å². The Hall–Kier alpha value is -0.560. The Labute approximate surface area is 94.2 Å². The molecule has 0 N–H and O–H groups in total. The average Bonchev–Trinajstić information content (AvgIpc) is 2.38. The van der Waals surface area contributed by atoms with Gasteiger partial charge in [-0.3, -0.25) is 0 Å². The molecule has 0 bridgehead atoms. The molecule has 0 amide bonds. The van der Waals surface area contributed by atoms with Crippen LogP contribution in [0, 0.1) is 0 Å². The quantitative estimate of drug-likeness (QED) is 0.605. The maximum atomic E-state index is 3.54. The van der Waals surface area contributed by atoms with Crippen LogP contribution in [-0.2, 0) is 11.8 Å². The molecule has 74 valence electrons. The molecule has 1 heteroatoms. The number of rotatable bonds is 0. The number of halogens is 1. The third-order valence-electron chi connectivity index (χ3n) is 3.28. The topological polar surface area (TPSA) is 0 Å². The van der Waals surface area contributed by atoms with Crippen LogP contribution in [0.15, 0.2) is 34.3 Å². The van der Waals surface area contributed by atoms with Crippen LogP contribution >= 0.6 is 15.9 Å². The molecule has 1 aromatic rings. The van der Waals surface area contributed by atoms with Gasteiger partial charge < -0.3 is 0 Å². The normalized spacial score (nSPS) is 21.3. The Balaban J connectivity index is 2.61. The first-order chi connectivity index (χ1) is 6.55.